The maximum atomic E-state index is 12.3. The van der Waals surface area contributed by atoms with Crippen LogP contribution in [0.2, 0.25) is 0 Å². The Morgan fingerprint density at radius 1 is 1.38 bits per heavy atom. The molecule has 1 N–H and O–H groups in total. The molecule has 4 rings (SSSR count). The second-order valence-corrected chi connectivity index (χ2v) is 7.96. The van der Waals surface area contributed by atoms with Gasteiger partial charge in [-0.05, 0) is 30.5 Å². The largest absolute Gasteiger partial charge is 0.504 e. The zero-order valence-electron chi connectivity index (χ0n) is 14.3. The Morgan fingerprint density at radius 2 is 2.23 bits per heavy atom. The summed E-state index contributed by atoms with van der Waals surface area (Å²) in [4.78, 5) is 18.7. The van der Waals surface area contributed by atoms with Gasteiger partial charge in [0.25, 0.3) is 0 Å². The molecule has 0 radical (unpaired) electrons. The van der Waals surface area contributed by atoms with Gasteiger partial charge in [0, 0.05) is 17.7 Å². The van der Waals surface area contributed by atoms with Gasteiger partial charge >= 0.3 is 0 Å². The van der Waals surface area contributed by atoms with Gasteiger partial charge in [0.1, 0.15) is 11.6 Å². The number of benzene rings is 2. The van der Waals surface area contributed by atoms with E-state index in [-0.39, 0.29) is 11.7 Å². The maximum absolute atomic E-state index is 12.3. The van der Waals surface area contributed by atoms with E-state index in [2.05, 4.69) is 4.98 Å². The Kier molecular flexibility index (Phi) is 4.74. The van der Waals surface area contributed by atoms with Crippen LogP contribution < -0.4 is 4.74 Å². The van der Waals surface area contributed by atoms with Gasteiger partial charge in [0.15, 0.2) is 11.5 Å². The first-order valence-corrected chi connectivity index (χ1v) is 10.5. The third-order valence-electron chi connectivity index (χ3n) is 4.28. The molecule has 0 aliphatic carbocycles. The van der Waals surface area contributed by atoms with Gasteiger partial charge in [-0.1, -0.05) is 12.1 Å². The molecule has 0 atom stereocenters. The quantitative estimate of drug-likeness (QED) is 0.743. The standard InChI is InChI=1S/C19H18N2O3S2/c1-25-11-17(23)21-6-7-24-18-13(10-21)8-12(9-15(18)22)19-20-14-4-2-3-5-16(14)26-19/h2-5,8-9,22H,6-7,10-11H2,1H3. The van der Waals surface area contributed by atoms with Gasteiger partial charge in [0.05, 0.1) is 22.5 Å². The summed E-state index contributed by atoms with van der Waals surface area (Å²) in [6.45, 7) is 1.33. The number of amides is 1. The number of aromatic hydroxyl groups is 1. The Hall–Kier alpha value is -2.25. The van der Waals surface area contributed by atoms with Crippen molar-refractivity contribution in [2.24, 2.45) is 0 Å². The van der Waals surface area contributed by atoms with Crippen LogP contribution in [0.5, 0.6) is 11.5 Å². The van der Waals surface area contributed by atoms with Crippen molar-refractivity contribution in [1.29, 1.82) is 0 Å². The highest BCUT2D eigenvalue weighted by molar-refractivity contribution is 7.99. The van der Waals surface area contributed by atoms with E-state index in [0.717, 1.165) is 26.4 Å². The average Bonchev–Trinajstić information content (AvgIpc) is 2.94. The van der Waals surface area contributed by atoms with E-state index < -0.39 is 0 Å². The number of hydrogen-bond acceptors (Lipinski definition) is 6. The smallest absolute Gasteiger partial charge is 0.232 e. The lowest BCUT2D eigenvalue weighted by Crippen LogP contribution is -2.33. The molecule has 2 heterocycles. The summed E-state index contributed by atoms with van der Waals surface area (Å²) >= 11 is 3.09. The van der Waals surface area contributed by atoms with Crippen molar-refractivity contribution < 1.29 is 14.6 Å². The van der Waals surface area contributed by atoms with Gasteiger partial charge in [0.2, 0.25) is 5.91 Å². The molecule has 1 aliphatic rings. The van der Waals surface area contributed by atoms with Crippen LogP contribution in [-0.2, 0) is 11.3 Å². The van der Waals surface area contributed by atoms with Gasteiger partial charge in [-0.25, -0.2) is 4.98 Å². The molecule has 26 heavy (non-hydrogen) atoms. The number of nitrogens with zero attached hydrogens (tertiary/aromatic N) is 2. The highest BCUT2D eigenvalue weighted by atomic mass is 32.2. The number of aromatic nitrogens is 1. The molecule has 0 spiro atoms. The van der Waals surface area contributed by atoms with Crippen LogP contribution >= 0.6 is 23.1 Å². The minimum Gasteiger partial charge on any atom is -0.504 e. The first-order chi connectivity index (χ1) is 12.7. The molecule has 0 fully saturated rings. The fourth-order valence-electron chi connectivity index (χ4n) is 3.05. The van der Waals surface area contributed by atoms with Gasteiger partial charge < -0.3 is 14.7 Å². The molecule has 134 valence electrons. The van der Waals surface area contributed by atoms with Crippen LogP contribution in [0, 0.1) is 0 Å². The predicted molar refractivity (Wildman–Crippen MR) is 106 cm³/mol. The van der Waals surface area contributed by atoms with Crippen molar-refractivity contribution in [3.05, 3.63) is 42.0 Å². The average molecular weight is 386 g/mol. The summed E-state index contributed by atoms with van der Waals surface area (Å²) in [6.07, 6.45) is 1.91. The molecule has 0 bridgehead atoms. The van der Waals surface area contributed by atoms with E-state index in [1.807, 2.05) is 36.6 Å². The number of thioether (sulfide) groups is 1. The van der Waals surface area contributed by atoms with Crippen LogP contribution in [0.3, 0.4) is 0 Å². The van der Waals surface area contributed by atoms with Crippen LogP contribution in [0.15, 0.2) is 36.4 Å². The molecule has 0 unspecified atom stereocenters. The monoisotopic (exact) mass is 386 g/mol. The van der Waals surface area contributed by atoms with E-state index in [4.69, 9.17) is 4.74 Å². The van der Waals surface area contributed by atoms with E-state index in [1.54, 1.807) is 22.3 Å². The zero-order chi connectivity index (χ0) is 18.1. The van der Waals surface area contributed by atoms with E-state index in [9.17, 15) is 9.90 Å². The maximum Gasteiger partial charge on any atom is 0.232 e. The number of phenols is 1. The molecule has 7 heteroatoms. The van der Waals surface area contributed by atoms with Crippen LogP contribution in [-0.4, -0.2) is 46.1 Å². The van der Waals surface area contributed by atoms with Gasteiger partial charge in [-0.15, -0.1) is 11.3 Å². The number of thiazole rings is 1. The number of fused-ring (bicyclic) bond motifs is 2. The number of carbonyl (C=O) groups excluding carboxylic acids is 1. The summed E-state index contributed by atoms with van der Waals surface area (Å²) in [6, 6.07) is 11.6. The molecule has 5 nitrogen and oxygen atoms in total. The Morgan fingerprint density at radius 3 is 3.04 bits per heavy atom. The molecule has 1 aliphatic heterocycles. The number of carbonyl (C=O) groups is 1. The molecule has 1 aromatic heterocycles. The summed E-state index contributed by atoms with van der Waals surface area (Å²) in [5.41, 5.74) is 2.59. The number of ether oxygens (including phenoxy) is 1. The predicted octanol–water partition coefficient (Wildman–Crippen LogP) is 3.75. The minimum absolute atomic E-state index is 0.0822. The molecule has 0 saturated carbocycles. The first kappa shape index (κ1) is 17.2. The second-order valence-electron chi connectivity index (χ2n) is 6.07. The summed E-state index contributed by atoms with van der Waals surface area (Å²) in [5.74, 6) is 1.09. The third-order valence-corrected chi connectivity index (χ3v) is 5.90. The van der Waals surface area contributed by atoms with Crippen LogP contribution in [0.25, 0.3) is 20.8 Å². The lowest BCUT2D eigenvalue weighted by Gasteiger charge is -2.19. The SMILES string of the molecule is CSCC(=O)N1CCOc2c(O)cc(-c3nc4ccccc4s3)cc2C1. The van der Waals surface area contributed by atoms with Gasteiger partial charge in [-0.2, -0.15) is 11.8 Å². The number of hydrogen-bond donors (Lipinski definition) is 1. The summed E-state index contributed by atoms with van der Waals surface area (Å²) in [7, 11) is 0. The fourth-order valence-corrected chi connectivity index (χ4v) is 4.43. The molecule has 0 saturated heterocycles. The Balaban J connectivity index is 1.73. The fraction of sp³-hybridized carbons (Fsp3) is 0.263. The van der Waals surface area contributed by atoms with Crippen molar-refractivity contribution in [3.63, 3.8) is 0 Å². The van der Waals surface area contributed by atoms with Gasteiger partial charge in [-0.3, -0.25) is 4.79 Å². The molecule has 3 aromatic rings. The van der Waals surface area contributed by atoms with Crippen molar-refractivity contribution >= 4 is 39.2 Å². The molecular formula is C19H18N2O3S2. The summed E-state index contributed by atoms with van der Waals surface area (Å²) < 4.78 is 6.82. The summed E-state index contributed by atoms with van der Waals surface area (Å²) in [5, 5.41) is 11.3. The number of phenolic OH excluding ortho intramolecular Hbond substituents is 1. The Bertz CT molecular complexity index is 938. The second kappa shape index (κ2) is 7.17. The number of para-hydroxylation sites is 1. The van der Waals surface area contributed by atoms with Crippen molar-refractivity contribution in [2.45, 2.75) is 6.54 Å². The number of rotatable bonds is 3. The van der Waals surface area contributed by atoms with Crippen LogP contribution in [0.4, 0.5) is 0 Å². The van der Waals surface area contributed by atoms with Crippen molar-refractivity contribution in [1.82, 2.24) is 9.88 Å². The van der Waals surface area contributed by atoms with E-state index >= 15 is 0 Å². The lowest BCUT2D eigenvalue weighted by atomic mass is 10.1. The minimum atomic E-state index is 0.0822. The molecule has 1 amide bonds. The first-order valence-electron chi connectivity index (χ1n) is 8.27. The van der Waals surface area contributed by atoms with E-state index in [0.29, 0.717) is 31.2 Å². The Labute approximate surface area is 159 Å². The third kappa shape index (κ3) is 3.24. The zero-order valence-corrected chi connectivity index (χ0v) is 15.9. The lowest BCUT2D eigenvalue weighted by molar-refractivity contribution is -0.129. The normalized spacial score (nSPS) is 14.0. The van der Waals surface area contributed by atoms with Crippen LogP contribution in [0.1, 0.15) is 5.56 Å². The van der Waals surface area contributed by atoms with Crippen molar-refractivity contribution in [3.8, 4) is 22.1 Å². The molecule has 2 aromatic carbocycles. The van der Waals surface area contributed by atoms with Crippen molar-refractivity contribution in [2.75, 3.05) is 25.2 Å². The topological polar surface area (TPSA) is 62.7 Å². The molecular weight excluding hydrogens is 368 g/mol. The van der Waals surface area contributed by atoms with E-state index in [1.165, 1.54) is 11.8 Å². The highest BCUT2D eigenvalue weighted by Gasteiger charge is 2.23. The highest BCUT2D eigenvalue weighted by Crippen LogP contribution is 2.39.